The lowest BCUT2D eigenvalue weighted by Gasteiger charge is -2.11. The molecule has 3 nitrogen and oxygen atoms in total. The molecule has 0 aliphatic carbocycles. The van der Waals surface area contributed by atoms with Gasteiger partial charge in [-0.25, -0.2) is 0 Å². The highest BCUT2D eigenvalue weighted by Crippen LogP contribution is 2.35. The molecule has 1 aliphatic rings. The second kappa shape index (κ2) is 4.96. The Morgan fingerprint density at radius 1 is 1.62 bits per heavy atom. The van der Waals surface area contributed by atoms with E-state index in [4.69, 9.17) is 16.7 Å². The zero-order valence-electron chi connectivity index (χ0n) is 8.11. The molecule has 2 rings (SSSR count). The van der Waals surface area contributed by atoms with E-state index in [9.17, 15) is 4.79 Å². The van der Waals surface area contributed by atoms with E-state index >= 15 is 0 Å². The quantitative estimate of drug-likeness (QED) is 0.879. The van der Waals surface area contributed by atoms with Crippen molar-refractivity contribution < 1.29 is 9.90 Å². The molecule has 1 unspecified atom stereocenters. The number of hydrogen-bond acceptors (Lipinski definition) is 3. The fraction of sp³-hybridized carbons (Fsp3) is 0.300. The first-order chi connectivity index (χ1) is 7.58. The number of nitrogens with one attached hydrogen (secondary N) is 1. The predicted octanol–water partition coefficient (Wildman–Crippen LogP) is 2.89. The Morgan fingerprint density at radius 2 is 2.38 bits per heavy atom. The van der Waals surface area contributed by atoms with Crippen molar-refractivity contribution in [3.63, 3.8) is 0 Å². The van der Waals surface area contributed by atoms with E-state index in [1.165, 1.54) is 0 Å². The smallest absolute Gasteiger partial charge is 0.321 e. The summed E-state index contributed by atoms with van der Waals surface area (Å²) in [5, 5.41) is 12.6. The van der Waals surface area contributed by atoms with Crippen LogP contribution in [0.1, 0.15) is 10.9 Å². The van der Waals surface area contributed by atoms with Crippen LogP contribution in [-0.2, 0) is 4.79 Å². The van der Waals surface area contributed by atoms with E-state index in [2.05, 4.69) is 21.2 Å². The molecule has 0 radical (unpaired) electrons. The van der Waals surface area contributed by atoms with Gasteiger partial charge < -0.3 is 5.11 Å². The van der Waals surface area contributed by atoms with Gasteiger partial charge in [0.2, 0.25) is 0 Å². The maximum absolute atomic E-state index is 10.8. The predicted molar refractivity (Wildman–Crippen MR) is 68.9 cm³/mol. The van der Waals surface area contributed by atoms with Gasteiger partial charge in [-0.1, -0.05) is 17.7 Å². The number of aliphatic carboxylic acids is 1. The van der Waals surface area contributed by atoms with Crippen molar-refractivity contribution in [1.29, 1.82) is 0 Å². The Labute approximate surface area is 111 Å². The van der Waals surface area contributed by atoms with Crippen LogP contribution in [0.25, 0.3) is 0 Å². The molecular formula is C10H9BrClNO2S. The molecular weight excluding hydrogens is 314 g/mol. The molecule has 0 amide bonds. The summed E-state index contributed by atoms with van der Waals surface area (Å²) in [6, 6.07) is 5.18. The lowest BCUT2D eigenvalue weighted by Crippen LogP contribution is -2.33. The summed E-state index contributed by atoms with van der Waals surface area (Å²) in [6.45, 7) is 0. The molecule has 1 heterocycles. The third-order valence-corrected chi connectivity index (χ3v) is 4.83. The first-order valence-corrected chi connectivity index (χ1v) is 6.85. The van der Waals surface area contributed by atoms with Crippen molar-refractivity contribution in [3.8, 4) is 0 Å². The van der Waals surface area contributed by atoms with E-state index in [-0.39, 0.29) is 5.37 Å². The molecule has 0 saturated carbocycles. The molecule has 0 bridgehead atoms. The lowest BCUT2D eigenvalue weighted by molar-refractivity contribution is -0.138. The molecule has 16 heavy (non-hydrogen) atoms. The maximum atomic E-state index is 10.8. The summed E-state index contributed by atoms with van der Waals surface area (Å²) >= 11 is 10.9. The highest BCUT2D eigenvalue weighted by molar-refractivity contribution is 9.10. The van der Waals surface area contributed by atoms with Crippen molar-refractivity contribution >= 4 is 45.3 Å². The van der Waals surface area contributed by atoms with E-state index in [0.717, 1.165) is 10.0 Å². The first-order valence-electron chi connectivity index (χ1n) is 4.63. The number of carboxylic acids is 1. The van der Waals surface area contributed by atoms with Crippen LogP contribution in [0, 0.1) is 0 Å². The maximum Gasteiger partial charge on any atom is 0.321 e. The molecule has 1 saturated heterocycles. The third kappa shape index (κ3) is 2.53. The summed E-state index contributed by atoms with van der Waals surface area (Å²) in [4.78, 5) is 10.8. The molecule has 1 aromatic carbocycles. The molecule has 6 heteroatoms. The number of hydrogen-bond donors (Lipinski definition) is 2. The van der Waals surface area contributed by atoms with Gasteiger partial charge in [-0.2, -0.15) is 0 Å². The molecule has 86 valence electrons. The van der Waals surface area contributed by atoms with Gasteiger partial charge >= 0.3 is 5.97 Å². The number of rotatable bonds is 2. The largest absolute Gasteiger partial charge is 0.480 e. The van der Waals surface area contributed by atoms with Gasteiger partial charge in [0.15, 0.2) is 0 Å². The Bertz CT molecular complexity index is 429. The summed E-state index contributed by atoms with van der Waals surface area (Å²) in [5.41, 5.74) is 1.00. The zero-order chi connectivity index (χ0) is 11.7. The minimum absolute atomic E-state index is 0.00620. The molecule has 2 N–H and O–H groups in total. The first kappa shape index (κ1) is 12.2. The summed E-state index contributed by atoms with van der Waals surface area (Å²) in [6.07, 6.45) is 0. The second-order valence-electron chi connectivity index (χ2n) is 3.44. The topological polar surface area (TPSA) is 49.3 Å². The summed E-state index contributed by atoms with van der Waals surface area (Å²) in [5.74, 6) is -0.230. The van der Waals surface area contributed by atoms with E-state index < -0.39 is 12.0 Å². The van der Waals surface area contributed by atoms with Gasteiger partial charge in [0.1, 0.15) is 6.04 Å². The van der Waals surface area contributed by atoms with Crippen LogP contribution in [0.5, 0.6) is 0 Å². The van der Waals surface area contributed by atoms with Crippen LogP contribution in [-0.4, -0.2) is 22.9 Å². The molecule has 1 aliphatic heterocycles. The Hall–Kier alpha value is -0.230. The number of carboxylic acid groups (broad SMARTS) is 1. The number of benzene rings is 1. The average molecular weight is 323 g/mol. The van der Waals surface area contributed by atoms with Gasteiger partial charge in [0.25, 0.3) is 0 Å². The van der Waals surface area contributed by atoms with Crippen molar-refractivity contribution in [3.05, 3.63) is 33.3 Å². The zero-order valence-corrected chi connectivity index (χ0v) is 11.3. The number of thioether (sulfide) groups is 1. The fourth-order valence-electron chi connectivity index (χ4n) is 1.48. The van der Waals surface area contributed by atoms with Crippen LogP contribution in [0.15, 0.2) is 22.7 Å². The highest BCUT2D eigenvalue weighted by Gasteiger charge is 2.30. The SMILES string of the molecule is O=C(O)[C@H]1CSC(c2ccc(Br)c(Cl)c2)N1. The molecule has 1 aromatic rings. The van der Waals surface area contributed by atoms with Crippen molar-refractivity contribution in [2.24, 2.45) is 0 Å². The van der Waals surface area contributed by atoms with Gasteiger partial charge in [0.05, 0.1) is 10.4 Å². The number of halogens is 2. The van der Waals surface area contributed by atoms with Crippen LogP contribution in [0.4, 0.5) is 0 Å². The monoisotopic (exact) mass is 321 g/mol. The summed E-state index contributed by atoms with van der Waals surface area (Å²) in [7, 11) is 0. The third-order valence-electron chi connectivity index (χ3n) is 2.33. The average Bonchev–Trinajstić information content (AvgIpc) is 2.71. The fourth-order valence-corrected chi connectivity index (χ4v) is 3.14. The normalized spacial score (nSPS) is 24.6. The lowest BCUT2D eigenvalue weighted by atomic mass is 10.2. The second-order valence-corrected chi connectivity index (χ2v) is 5.84. The van der Waals surface area contributed by atoms with Crippen molar-refractivity contribution in [1.82, 2.24) is 5.32 Å². The van der Waals surface area contributed by atoms with Crippen LogP contribution in [0.3, 0.4) is 0 Å². The Balaban J connectivity index is 2.14. The minimum atomic E-state index is -0.807. The van der Waals surface area contributed by atoms with Crippen LogP contribution < -0.4 is 5.32 Å². The van der Waals surface area contributed by atoms with Gasteiger partial charge in [-0.3, -0.25) is 10.1 Å². The van der Waals surface area contributed by atoms with Gasteiger partial charge in [0, 0.05) is 10.2 Å². The molecule has 2 atom stereocenters. The van der Waals surface area contributed by atoms with Crippen molar-refractivity contribution in [2.45, 2.75) is 11.4 Å². The van der Waals surface area contributed by atoms with Gasteiger partial charge in [-0.05, 0) is 33.6 Å². The van der Waals surface area contributed by atoms with E-state index in [1.807, 2.05) is 18.2 Å². The molecule has 0 spiro atoms. The minimum Gasteiger partial charge on any atom is -0.480 e. The van der Waals surface area contributed by atoms with Gasteiger partial charge in [-0.15, -0.1) is 11.8 Å². The standard InChI is InChI=1S/C10H9BrClNO2S/c11-6-2-1-5(3-7(6)12)9-13-8(4-16-9)10(14)15/h1-3,8-9,13H,4H2,(H,14,15)/t8-,9?/m1/s1. The Morgan fingerprint density at radius 3 is 2.94 bits per heavy atom. The molecule has 0 aromatic heterocycles. The Kier molecular flexibility index (Phi) is 3.79. The van der Waals surface area contributed by atoms with Crippen LogP contribution >= 0.6 is 39.3 Å². The van der Waals surface area contributed by atoms with E-state index in [0.29, 0.717) is 10.8 Å². The van der Waals surface area contributed by atoms with E-state index in [1.54, 1.807) is 11.8 Å². The molecule has 1 fully saturated rings. The number of carbonyl (C=O) groups is 1. The highest BCUT2D eigenvalue weighted by atomic mass is 79.9. The summed E-state index contributed by atoms with van der Waals surface area (Å²) < 4.78 is 0.843. The van der Waals surface area contributed by atoms with Crippen LogP contribution in [0.2, 0.25) is 5.02 Å². The van der Waals surface area contributed by atoms with Crippen molar-refractivity contribution in [2.75, 3.05) is 5.75 Å².